The number of amides is 1. The second-order valence-electron chi connectivity index (χ2n) is 9.29. The van der Waals surface area contributed by atoms with Gasteiger partial charge in [0.1, 0.15) is 19.0 Å². The molecule has 1 N–H and O–H groups in total. The van der Waals surface area contributed by atoms with Crippen LogP contribution in [0.15, 0.2) is 102 Å². The zero-order valence-electron chi connectivity index (χ0n) is 22.5. The largest absolute Gasteiger partial charge is 0.490 e. The highest BCUT2D eigenvalue weighted by Crippen LogP contribution is 2.32. The van der Waals surface area contributed by atoms with E-state index in [-0.39, 0.29) is 11.3 Å². The number of nitrogens with zero attached hydrogens (tertiary/aromatic N) is 2. The first-order valence-corrected chi connectivity index (χ1v) is 12.9. The van der Waals surface area contributed by atoms with Crippen molar-refractivity contribution in [1.82, 2.24) is 10.4 Å². The van der Waals surface area contributed by atoms with Crippen molar-refractivity contribution in [3.8, 4) is 17.2 Å². The summed E-state index contributed by atoms with van der Waals surface area (Å²) in [7, 11) is 0. The number of ether oxygens (including phenoxy) is 3. The van der Waals surface area contributed by atoms with Crippen LogP contribution >= 0.6 is 0 Å². The summed E-state index contributed by atoms with van der Waals surface area (Å²) >= 11 is 0. The Kier molecular flexibility index (Phi) is 9.29. The average molecular weight is 524 g/mol. The van der Waals surface area contributed by atoms with E-state index in [1.807, 2.05) is 43.3 Å². The number of hydrogen-bond acceptors (Lipinski definition) is 6. The van der Waals surface area contributed by atoms with E-state index in [0.717, 1.165) is 11.3 Å². The molecule has 0 fully saturated rings. The van der Waals surface area contributed by atoms with Gasteiger partial charge in [-0.25, -0.2) is 5.43 Å². The molecule has 0 aliphatic heterocycles. The van der Waals surface area contributed by atoms with Crippen molar-refractivity contribution in [2.75, 3.05) is 19.8 Å². The van der Waals surface area contributed by atoms with Crippen LogP contribution in [-0.2, 0) is 5.41 Å². The number of rotatable bonds is 12. The summed E-state index contributed by atoms with van der Waals surface area (Å²) in [6.45, 7) is 7.57. The van der Waals surface area contributed by atoms with Gasteiger partial charge in [0.15, 0.2) is 11.5 Å². The van der Waals surface area contributed by atoms with Gasteiger partial charge in [-0.15, -0.1) is 0 Å². The maximum Gasteiger partial charge on any atom is 0.271 e. The summed E-state index contributed by atoms with van der Waals surface area (Å²) in [5, 5.41) is 4.03. The number of hydrazone groups is 1. The van der Waals surface area contributed by atoms with Crippen molar-refractivity contribution in [3.05, 3.63) is 120 Å². The Hall–Kier alpha value is -4.65. The summed E-state index contributed by atoms with van der Waals surface area (Å²) in [4.78, 5) is 16.0. The second kappa shape index (κ2) is 13.2. The number of carbonyl (C=O) groups excluding carboxylic acids is 1. The van der Waals surface area contributed by atoms with Crippen molar-refractivity contribution in [2.45, 2.75) is 26.2 Å². The fourth-order valence-electron chi connectivity index (χ4n) is 4.03. The van der Waals surface area contributed by atoms with Crippen molar-refractivity contribution >= 4 is 12.1 Å². The Morgan fingerprint density at radius 2 is 1.54 bits per heavy atom. The molecule has 0 aliphatic rings. The fourth-order valence-corrected chi connectivity index (χ4v) is 4.03. The molecule has 200 valence electrons. The number of pyridine rings is 1. The van der Waals surface area contributed by atoms with Gasteiger partial charge in [-0.1, -0.05) is 56.3 Å². The number of carbonyl (C=O) groups is 1. The molecule has 0 saturated carbocycles. The molecule has 0 radical (unpaired) electrons. The molecule has 0 unspecified atom stereocenters. The van der Waals surface area contributed by atoms with Crippen LogP contribution in [0.5, 0.6) is 17.2 Å². The normalized spacial score (nSPS) is 11.3. The highest BCUT2D eigenvalue weighted by molar-refractivity contribution is 5.94. The van der Waals surface area contributed by atoms with Gasteiger partial charge >= 0.3 is 0 Å². The van der Waals surface area contributed by atoms with Gasteiger partial charge in [-0.05, 0) is 66.1 Å². The van der Waals surface area contributed by atoms with Gasteiger partial charge in [0.2, 0.25) is 0 Å². The van der Waals surface area contributed by atoms with Gasteiger partial charge in [0, 0.05) is 23.4 Å². The summed E-state index contributed by atoms with van der Waals surface area (Å²) < 4.78 is 17.6. The third-order valence-corrected chi connectivity index (χ3v) is 6.27. The van der Waals surface area contributed by atoms with Crippen LogP contribution in [0.4, 0.5) is 0 Å². The molecular weight excluding hydrogens is 490 g/mol. The molecule has 0 atom stereocenters. The third kappa shape index (κ3) is 7.45. The lowest BCUT2D eigenvalue weighted by Crippen LogP contribution is -2.18. The number of hydrogen-bond donors (Lipinski definition) is 1. The molecular formula is C32H33N3O4. The SMILES string of the molecule is CCOc1cc(C=NNC(=O)c2ccncc2)ccc1OCCOc1ccc(C(C)(C)c2ccccc2)cc1. The predicted molar refractivity (Wildman–Crippen MR) is 153 cm³/mol. The minimum absolute atomic E-state index is 0.0966. The first-order valence-electron chi connectivity index (χ1n) is 12.9. The molecule has 0 spiro atoms. The van der Waals surface area contributed by atoms with Gasteiger partial charge in [0.25, 0.3) is 5.91 Å². The number of benzene rings is 3. The minimum Gasteiger partial charge on any atom is -0.490 e. The van der Waals surface area contributed by atoms with Crippen LogP contribution in [0.25, 0.3) is 0 Å². The maximum atomic E-state index is 12.1. The van der Waals surface area contributed by atoms with E-state index in [1.165, 1.54) is 11.1 Å². The Morgan fingerprint density at radius 3 is 2.26 bits per heavy atom. The first kappa shape index (κ1) is 27.4. The van der Waals surface area contributed by atoms with Crippen LogP contribution in [-0.4, -0.2) is 36.9 Å². The van der Waals surface area contributed by atoms with E-state index in [2.05, 4.69) is 65.8 Å². The van der Waals surface area contributed by atoms with Gasteiger partial charge in [0.05, 0.1) is 12.8 Å². The molecule has 1 aromatic heterocycles. The van der Waals surface area contributed by atoms with Crippen molar-refractivity contribution < 1.29 is 19.0 Å². The molecule has 4 aromatic rings. The smallest absolute Gasteiger partial charge is 0.271 e. The van der Waals surface area contributed by atoms with Crippen LogP contribution in [0.3, 0.4) is 0 Å². The van der Waals surface area contributed by atoms with Gasteiger partial charge < -0.3 is 14.2 Å². The Balaban J connectivity index is 1.29. The standard InChI is InChI=1S/C32H33N3O4/c1-4-37-30-22-24(23-34-35-31(36)25-16-18-33-19-17-25)10-15-29(30)39-21-20-38-28-13-11-27(12-14-28)32(2,3)26-8-6-5-7-9-26/h5-19,22-23H,4,20-21H2,1-3H3,(H,35,36). The van der Waals surface area contributed by atoms with E-state index >= 15 is 0 Å². The topological polar surface area (TPSA) is 82.0 Å². The van der Waals surface area contributed by atoms with Crippen LogP contribution in [0.2, 0.25) is 0 Å². The zero-order valence-corrected chi connectivity index (χ0v) is 22.5. The first-order chi connectivity index (χ1) is 19.0. The lowest BCUT2D eigenvalue weighted by Gasteiger charge is -2.26. The molecule has 1 amide bonds. The molecule has 0 aliphatic carbocycles. The molecule has 4 rings (SSSR count). The van der Waals surface area contributed by atoms with E-state index in [4.69, 9.17) is 14.2 Å². The van der Waals surface area contributed by atoms with Crippen molar-refractivity contribution in [3.63, 3.8) is 0 Å². The molecule has 7 heteroatoms. The summed E-state index contributed by atoms with van der Waals surface area (Å²) in [6, 6.07) is 27.4. The van der Waals surface area contributed by atoms with E-state index in [1.54, 1.807) is 30.7 Å². The minimum atomic E-state index is -0.312. The lowest BCUT2D eigenvalue weighted by molar-refractivity contribution is 0.0955. The molecule has 39 heavy (non-hydrogen) atoms. The lowest BCUT2D eigenvalue weighted by atomic mass is 9.78. The van der Waals surface area contributed by atoms with Crippen molar-refractivity contribution in [1.29, 1.82) is 0 Å². The summed E-state index contributed by atoms with van der Waals surface area (Å²) in [5.74, 6) is 1.68. The van der Waals surface area contributed by atoms with Gasteiger partial charge in [-0.3, -0.25) is 9.78 Å². The maximum absolute atomic E-state index is 12.1. The summed E-state index contributed by atoms with van der Waals surface area (Å²) in [6.07, 6.45) is 4.66. The molecule has 0 bridgehead atoms. The molecule has 7 nitrogen and oxygen atoms in total. The van der Waals surface area contributed by atoms with Gasteiger partial charge in [-0.2, -0.15) is 5.10 Å². The molecule has 0 saturated heterocycles. The van der Waals surface area contributed by atoms with E-state index < -0.39 is 0 Å². The van der Waals surface area contributed by atoms with Crippen LogP contribution < -0.4 is 19.6 Å². The Bertz CT molecular complexity index is 1370. The summed E-state index contributed by atoms with van der Waals surface area (Å²) in [5.41, 5.74) is 6.14. The van der Waals surface area contributed by atoms with E-state index in [0.29, 0.717) is 36.9 Å². The van der Waals surface area contributed by atoms with E-state index in [9.17, 15) is 4.79 Å². The number of aromatic nitrogens is 1. The fraction of sp³-hybridized carbons (Fsp3) is 0.219. The quantitative estimate of drug-likeness (QED) is 0.139. The highest BCUT2D eigenvalue weighted by Gasteiger charge is 2.22. The molecule has 3 aromatic carbocycles. The van der Waals surface area contributed by atoms with Crippen LogP contribution in [0, 0.1) is 0 Å². The predicted octanol–water partition coefficient (Wildman–Crippen LogP) is 6.03. The average Bonchev–Trinajstić information content (AvgIpc) is 2.97. The highest BCUT2D eigenvalue weighted by atomic mass is 16.5. The van der Waals surface area contributed by atoms with Crippen LogP contribution in [0.1, 0.15) is 47.8 Å². The third-order valence-electron chi connectivity index (χ3n) is 6.27. The van der Waals surface area contributed by atoms with Crippen molar-refractivity contribution in [2.24, 2.45) is 5.10 Å². The molecule has 1 heterocycles. The Morgan fingerprint density at radius 1 is 0.846 bits per heavy atom. The Labute approximate surface area is 229 Å². The number of nitrogens with one attached hydrogen (secondary N) is 1. The second-order valence-corrected chi connectivity index (χ2v) is 9.29. The zero-order chi connectivity index (χ0) is 27.5. The monoisotopic (exact) mass is 523 g/mol.